The summed E-state index contributed by atoms with van der Waals surface area (Å²) in [6.45, 7) is 11.3. The minimum atomic E-state index is 0.828. The average molecular weight is 356 g/mol. The molecule has 3 nitrogen and oxygen atoms in total. The Morgan fingerprint density at radius 2 is 1.42 bits per heavy atom. The summed E-state index contributed by atoms with van der Waals surface area (Å²) in [6, 6.07) is 12.7. The lowest BCUT2D eigenvalue weighted by atomic mass is 9.86. The van der Waals surface area contributed by atoms with E-state index in [1.54, 1.807) is 0 Å². The van der Waals surface area contributed by atoms with Crippen molar-refractivity contribution in [3.05, 3.63) is 35.9 Å². The van der Waals surface area contributed by atoms with Crippen LogP contribution in [0.25, 0.3) is 0 Å². The number of hydrogen-bond donors (Lipinski definition) is 0. The molecule has 144 valence electrons. The monoisotopic (exact) mass is 355 g/mol. The average Bonchev–Trinajstić information content (AvgIpc) is 2.70. The highest BCUT2D eigenvalue weighted by atomic mass is 15.3. The van der Waals surface area contributed by atoms with Gasteiger partial charge < -0.3 is 0 Å². The van der Waals surface area contributed by atoms with Crippen molar-refractivity contribution in [2.45, 2.75) is 64.1 Å². The molecular formula is C23H37N3. The number of likely N-dealkylation sites (tertiary alicyclic amines) is 1. The maximum Gasteiger partial charge on any atom is 0.0233 e. The Bertz CT molecular complexity index is 530. The predicted molar refractivity (Wildman–Crippen MR) is 109 cm³/mol. The van der Waals surface area contributed by atoms with Crippen LogP contribution < -0.4 is 0 Å². The molecule has 3 fully saturated rings. The van der Waals surface area contributed by atoms with E-state index in [0.717, 1.165) is 24.5 Å². The number of hydrogen-bond acceptors (Lipinski definition) is 3. The van der Waals surface area contributed by atoms with Gasteiger partial charge in [-0.25, -0.2) is 0 Å². The molecule has 3 heteroatoms. The van der Waals surface area contributed by atoms with Crippen LogP contribution in [0.15, 0.2) is 30.3 Å². The molecule has 0 N–H and O–H groups in total. The van der Waals surface area contributed by atoms with E-state index in [0.29, 0.717) is 0 Å². The second-order valence-corrected chi connectivity index (χ2v) is 8.99. The van der Waals surface area contributed by atoms with E-state index in [4.69, 9.17) is 0 Å². The summed E-state index contributed by atoms with van der Waals surface area (Å²) in [7, 11) is 0. The third kappa shape index (κ3) is 4.68. The molecular weight excluding hydrogens is 318 g/mol. The van der Waals surface area contributed by atoms with Crippen molar-refractivity contribution < 1.29 is 0 Å². The lowest BCUT2D eigenvalue weighted by molar-refractivity contribution is 0.0290. The van der Waals surface area contributed by atoms with E-state index < -0.39 is 0 Å². The van der Waals surface area contributed by atoms with Crippen molar-refractivity contribution >= 4 is 0 Å². The van der Waals surface area contributed by atoms with Crippen molar-refractivity contribution in [2.75, 3.05) is 39.3 Å². The van der Waals surface area contributed by atoms with Crippen LogP contribution in [0.3, 0.4) is 0 Å². The first-order valence-corrected chi connectivity index (χ1v) is 11.0. The molecule has 2 heterocycles. The highest BCUT2D eigenvalue weighted by molar-refractivity contribution is 5.14. The van der Waals surface area contributed by atoms with Crippen LogP contribution in [0, 0.1) is 5.92 Å². The third-order valence-corrected chi connectivity index (χ3v) is 7.10. The first-order chi connectivity index (χ1) is 12.8. The second-order valence-electron chi connectivity index (χ2n) is 8.99. The van der Waals surface area contributed by atoms with Crippen molar-refractivity contribution in [3.8, 4) is 0 Å². The predicted octanol–water partition coefficient (Wildman–Crippen LogP) is 3.85. The largest absolute Gasteiger partial charge is 0.299 e. The molecule has 1 saturated carbocycles. The molecule has 26 heavy (non-hydrogen) atoms. The quantitative estimate of drug-likeness (QED) is 0.812. The van der Waals surface area contributed by atoms with Crippen molar-refractivity contribution in [3.63, 3.8) is 0 Å². The Kier molecular flexibility index (Phi) is 6.29. The van der Waals surface area contributed by atoms with Crippen LogP contribution in [0.4, 0.5) is 0 Å². The van der Waals surface area contributed by atoms with Gasteiger partial charge in [-0.1, -0.05) is 50.1 Å². The zero-order chi connectivity index (χ0) is 17.8. The van der Waals surface area contributed by atoms with Gasteiger partial charge in [-0.2, -0.15) is 0 Å². The Labute approximate surface area is 160 Å². The van der Waals surface area contributed by atoms with E-state index in [2.05, 4.69) is 52.0 Å². The van der Waals surface area contributed by atoms with Gasteiger partial charge in [0.05, 0.1) is 0 Å². The number of benzene rings is 1. The molecule has 2 aliphatic heterocycles. The van der Waals surface area contributed by atoms with Crippen LogP contribution >= 0.6 is 0 Å². The Hall–Kier alpha value is -0.900. The van der Waals surface area contributed by atoms with Crippen LogP contribution in [0.1, 0.15) is 51.0 Å². The molecule has 0 bridgehead atoms. The standard InChI is InChI=1S/C23H37N3/c1-20-6-5-9-23(18-20)26-16-14-25(15-17-26)22-10-12-24(13-11-22)19-21-7-3-2-4-8-21/h2-4,7-8,20,22-23H,5-6,9-19H2,1H3/t20-,23+/m0/s1. The van der Waals surface area contributed by atoms with Gasteiger partial charge in [-0.05, 0) is 50.3 Å². The van der Waals surface area contributed by atoms with Gasteiger partial charge >= 0.3 is 0 Å². The molecule has 1 aromatic rings. The van der Waals surface area contributed by atoms with Crippen LogP contribution in [-0.2, 0) is 6.54 Å². The fourth-order valence-corrected chi connectivity index (χ4v) is 5.49. The van der Waals surface area contributed by atoms with Crippen LogP contribution in [-0.4, -0.2) is 66.1 Å². The smallest absolute Gasteiger partial charge is 0.0233 e. The van der Waals surface area contributed by atoms with Gasteiger partial charge in [0.25, 0.3) is 0 Å². The van der Waals surface area contributed by atoms with Crippen LogP contribution in [0.2, 0.25) is 0 Å². The topological polar surface area (TPSA) is 9.72 Å². The first-order valence-electron chi connectivity index (χ1n) is 11.0. The Morgan fingerprint density at radius 1 is 0.769 bits per heavy atom. The number of piperazine rings is 1. The highest BCUT2D eigenvalue weighted by Crippen LogP contribution is 2.28. The first kappa shape index (κ1) is 18.5. The lowest BCUT2D eigenvalue weighted by Gasteiger charge is -2.46. The summed E-state index contributed by atoms with van der Waals surface area (Å²) >= 11 is 0. The Morgan fingerprint density at radius 3 is 2.08 bits per heavy atom. The molecule has 1 aliphatic carbocycles. The highest BCUT2D eigenvalue weighted by Gasteiger charge is 2.31. The second kappa shape index (κ2) is 8.86. The number of rotatable bonds is 4. The lowest BCUT2D eigenvalue weighted by Crippen LogP contribution is -2.55. The Balaban J connectivity index is 1.20. The molecule has 0 amide bonds. The van der Waals surface area contributed by atoms with Gasteiger partial charge in [0, 0.05) is 44.8 Å². The number of nitrogens with zero attached hydrogens (tertiary/aromatic N) is 3. The molecule has 4 rings (SSSR count). The fourth-order valence-electron chi connectivity index (χ4n) is 5.49. The number of piperidine rings is 1. The molecule has 3 aliphatic rings. The van der Waals surface area contributed by atoms with Gasteiger partial charge in [0.15, 0.2) is 0 Å². The van der Waals surface area contributed by atoms with Gasteiger partial charge in [-0.3, -0.25) is 14.7 Å². The van der Waals surface area contributed by atoms with E-state index in [-0.39, 0.29) is 0 Å². The summed E-state index contributed by atoms with van der Waals surface area (Å²) in [5, 5.41) is 0. The summed E-state index contributed by atoms with van der Waals surface area (Å²) in [6.07, 6.45) is 8.50. The summed E-state index contributed by atoms with van der Waals surface area (Å²) < 4.78 is 0. The molecule has 0 spiro atoms. The minimum Gasteiger partial charge on any atom is -0.299 e. The molecule has 2 atom stereocenters. The molecule has 1 aromatic carbocycles. The van der Waals surface area contributed by atoms with Crippen molar-refractivity contribution in [1.29, 1.82) is 0 Å². The van der Waals surface area contributed by atoms with Crippen molar-refractivity contribution in [2.24, 2.45) is 5.92 Å². The zero-order valence-corrected chi connectivity index (χ0v) is 16.7. The van der Waals surface area contributed by atoms with Gasteiger partial charge in [-0.15, -0.1) is 0 Å². The molecule has 0 unspecified atom stereocenters. The summed E-state index contributed by atoms with van der Waals surface area (Å²) in [5.41, 5.74) is 1.46. The minimum absolute atomic E-state index is 0.828. The van der Waals surface area contributed by atoms with Gasteiger partial charge in [0.1, 0.15) is 0 Å². The van der Waals surface area contributed by atoms with Crippen molar-refractivity contribution in [1.82, 2.24) is 14.7 Å². The van der Waals surface area contributed by atoms with Crippen LogP contribution in [0.5, 0.6) is 0 Å². The third-order valence-electron chi connectivity index (χ3n) is 7.10. The zero-order valence-electron chi connectivity index (χ0n) is 16.7. The van der Waals surface area contributed by atoms with E-state index >= 15 is 0 Å². The summed E-state index contributed by atoms with van der Waals surface area (Å²) in [4.78, 5) is 8.27. The van der Waals surface area contributed by atoms with E-state index in [1.807, 2.05) is 0 Å². The SMILES string of the molecule is C[C@H]1CCC[C@@H](N2CCN(C3CCN(Cc4ccccc4)CC3)CC2)C1. The molecule has 0 aromatic heterocycles. The molecule has 0 radical (unpaired) electrons. The maximum atomic E-state index is 2.82. The normalized spacial score (nSPS) is 30.5. The van der Waals surface area contributed by atoms with E-state index in [1.165, 1.54) is 83.4 Å². The van der Waals surface area contributed by atoms with Gasteiger partial charge in [0.2, 0.25) is 0 Å². The molecule has 2 saturated heterocycles. The van der Waals surface area contributed by atoms with E-state index in [9.17, 15) is 0 Å². The summed E-state index contributed by atoms with van der Waals surface area (Å²) in [5.74, 6) is 0.945. The maximum absolute atomic E-state index is 2.82. The fraction of sp³-hybridized carbons (Fsp3) is 0.739.